The van der Waals surface area contributed by atoms with Crippen molar-refractivity contribution in [2.45, 2.75) is 38.4 Å². The second-order valence-corrected chi connectivity index (χ2v) is 5.94. The van der Waals surface area contributed by atoms with E-state index < -0.39 is 11.7 Å². The number of halogens is 3. The minimum absolute atomic E-state index is 0.00764. The standard InChI is InChI=1S/C17H25F3N2O/c1-3-4-5-16(22-8-6-21-7-9-22)13-10-14(17(18,19)20)12-15(11-13)23-2/h10-12,16,21H,3-9H2,1-2H3/t16-/m0/s1. The van der Waals surface area contributed by atoms with Gasteiger partial charge in [-0.15, -0.1) is 0 Å². The lowest BCUT2D eigenvalue weighted by Crippen LogP contribution is -2.45. The van der Waals surface area contributed by atoms with E-state index in [1.165, 1.54) is 13.2 Å². The molecule has 0 aromatic heterocycles. The Morgan fingerprint density at radius 2 is 1.91 bits per heavy atom. The van der Waals surface area contributed by atoms with Gasteiger partial charge >= 0.3 is 6.18 Å². The maximum Gasteiger partial charge on any atom is 0.416 e. The highest BCUT2D eigenvalue weighted by atomic mass is 19.4. The fourth-order valence-corrected chi connectivity index (χ4v) is 3.05. The predicted octanol–water partition coefficient (Wildman–Crippen LogP) is 3.85. The number of ether oxygens (including phenoxy) is 1. The normalized spacial score (nSPS) is 18.0. The molecular formula is C17H25F3N2O. The van der Waals surface area contributed by atoms with Gasteiger partial charge in [-0.25, -0.2) is 0 Å². The Bertz CT molecular complexity index is 499. The van der Waals surface area contributed by atoms with Crippen LogP contribution >= 0.6 is 0 Å². The van der Waals surface area contributed by atoms with Crippen LogP contribution in [0.2, 0.25) is 0 Å². The maximum atomic E-state index is 13.2. The van der Waals surface area contributed by atoms with Gasteiger partial charge in [0.15, 0.2) is 0 Å². The Balaban J connectivity index is 2.35. The third-order valence-corrected chi connectivity index (χ3v) is 4.30. The highest BCUT2D eigenvalue weighted by Gasteiger charge is 2.33. The van der Waals surface area contributed by atoms with E-state index in [1.807, 2.05) is 0 Å². The molecule has 1 aromatic rings. The molecule has 2 rings (SSSR count). The first kappa shape index (κ1) is 18.1. The minimum Gasteiger partial charge on any atom is -0.497 e. The summed E-state index contributed by atoms with van der Waals surface area (Å²) in [7, 11) is 1.41. The summed E-state index contributed by atoms with van der Waals surface area (Å²) in [4.78, 5) is 2.28. The number of rotatable bonds is 6. The zero-order valence-electron chi connectivity index (χ0n) is 13.7. The number of methoxy groups -OCH3 is 1. The molecule has 1 aromatic carbocycles. The van der Waals surface area contributed by atoms with E-state index in [1.54, 1.807) is 6.07 Å². The summed E-state index contributed by atoms with van der Waals surface area (Å²) in [5.41, 5.74) is 0.0653. The van der Waals surface area contributed by atoms with E-state index in [4.69, 9.17) is 4.74 Å². The van der Waals surface area contributed by atoms with Crippen molar-refractivity contribution < 1.29 is 17.9 Å². The van der Waals surface area contributed by atoms with Crippen LogP contribution in [0.3, 0.4) is 0 Å². The molecule has 1 fully saturated rings. The Morgan fingerprint density at radius 3 is 2.48 bits per heavy atom. The van der Waals surface area contributed by atoms with Crippen molar-refractivity contribution in [3.8, 4) is 5.75 Å². The monoisotopic (exact) mass is 330 g/mol. The van der Waals surface area contributed by atoms with Crippen LogP contribution in [0.15, 0.2) is 18.2 Å². The zero-order chi connectivity index (χ0) is 16.9. The first-order valence-electron chi connectivity index (χ1n) is 8.16. The van der Waals surface area contributed by atoms with Crippen molar-refractivity contribution in [1.29, 1.82) is 0 Å². The van der Waals surface area contributed by atoms with Crippen molar-refractivity contribution in [1.82, 2.24) is 10.2 Å². The van der Waals surface area contributed by atoms with Crippen LogP contribution in [-0.2, 0) is 6.18 Å². The van der Waals surface area contributed by atoms with Crippen LogP contribution in [-0.4, -0.2) is 38.2 Å². The van der Waals surface area contributed by atoms with Gasteiger partial charge in [-0.2, -0.15) is 13.2 Å². The molecule has 0 spiro atoms. The Morgan fingerprint density at radius 1 is 1.22 bits per heavy atom. The fourth-order valence-electron chi connectivity index (χ4n) is 3.05. The molecule has 0 unspecified atom stereocenters. The molecule has 1 heterocycles. The summed E-state index contributed by atoms with van der Waals surface area (Å²) in [5, 5.41) is 3.29. The summed E-state index contributed by atoms with van der Waals surface area (Å²) in [6.45, 7) is 5.55. The van der Waals surface area contributed by atoms with Crippen molar-refractivity contribution in [2.24, 2.45) is 0 Å². The summed E-state index contributed by atoms with van der Waals surface area (Å²) >= 11 is 0. The molecule has 1 aliphatic rings. The summed E-state index contributed by atoms with van der Waals surface area (Å²) in [6, 6.07) is 4.11. The highest BCUT2D eigenvalue weighted by molar-refractivity contribution is 5.37. The van der Waals surface area contributed by atoms with Gasteiger partial charge in [-0.3, -0.25) is 4.90 Å². The van der Waals surface area contributed by atoms with Gasteiger partial charge in [0.1, 0.15) is 5.75 Å². The lowest BCUT2D eigenvalue weighted by atomic mass is 9.96. The molecule has 130 valence electrons. The van der Waals surface area contributed by atoms with E-state index in [0.717, 1.165) is 51.5 Å². The van der Waals surface area contributed by atoms with Gasteiger partial charge in [0, 0.05) is 32.2 Å². The molecule has 0 bridgehead atoms. The number of nitrogens with one attached hydrogen (secondary N) is 1. The van der Waals surface area contributed by atoms with E-state index in [-0.39, 0.29) is 11.8 Å². The average Bonchev–Trinajstić information content (AvgIpc) is 2.55. The SMILES string of the molecule is CCCC[C@@H](c1cc(OC)cc(C(F)(F)F)c1)N1CCNCC1. The molecule has 0 amide bonds. The minimum atomic E-state index is -4.36. The van der Waals surface area contributed by atoms with Crippen molar-refractivity contribution in [3.63, 3.8) is 0 Å². The summed E-state index contributed by atoms with van der Waals surface area (Å²) in [6.07, 6.45) is -1.48. The van der Waals surface area contributed by atoms with Crippen LogP contribution in [0.4, 0.5) is 13.2 Å². The third-order valence-electron chi connectivity index (χ3n) is 4.30. The molecule has 23 heavy (non-hydrogen) atoms. The average molecular weight is 330 g/mol. The van der Waals surface area contributed by atoms with Gasteiger partial charge in [-0.1, -0.05) is 19.8 Å². The number of hydrogen-bond donors (Lipinski definition) is 1. The second-order valence-electron chi connectivity index (χ2n) is 5.94. The number of unbranched alkanes of at least 4 members (excludes halogenated alkanes) is 1. The molecule has 1 saturated heterocycles. The van der Waals surface area contributed by atoms with Gasteiger partial charge in [-0.05, 0) is 30.2 Å². The van der Waals surface area contributed by atoms with Crippen LogP contribution < -0.4 is 10.1 Å². The number of benzene rings is 1. The van der Waals surface area contributed by atoms with E-state index >= 15 is 0 Å². The predicted molar refractivity (Wildman–Crippen MR) is 84.7 cm³/mol. The lowest BCUT2D eigenvalue weighted by Gasteiger charge is -2.35. The molecular weight excluding hydrogens is 305 g/mol. The Hall–Kier alpha value is -1.27. The van der Waals surface area contributed by atoms with Gasteiger partial charge in [0.2, 0.25) is 0 Å². The molecule has 0 saturated carbocycles. The van der Waals surface area contributed by atoms with Crippen LogP contribution in [0.25, 0.3) is 0 Å². The molecule has 0 aliphatic carbocycles. The van der Waals surface area contributed by atoms with Crippen molar-refractivity contribution in [2.75, 3.05) is 33.3 Å². The molecule has 6 heteroatoms. The van der Waals surface area contributed by atoms with Crippen LogP contribution in [0, 0.1) is 0 Å². The van der Waals surface area contributed by atoms with E-state index in [0.29, 0.717) is 5.56 Å². The molecule has 0 radical (unpaired) electrons. The molecule has 1 aliphatic heterocycles. The quantitative estimate of drug-likeness (QED) is 0.857. The zero-order valence-corrected chi connectivity index (χ0v) is 13.7. The Kier molecular flexibility index (Phi) is 6.30. The molecule has 3 nitrogen and oxygen atoms in total. The summed E-state index contributed by atoms with van der Waals surface area (Å²) < 4.78 is 44.6. The molecule has 1 atom stereocenters. The van der Waals surface area contributed by atoms with Crippen molar-refractivity contribution >= 4 is 0 Å². The lowest BCUT2D eigenvalue weighted by molar-refractivity contribution is -0.137. The van der Waals surface area contributed by atoms with Crippen LogP contribution in [0.5, 0.6) is 5.75 Å². The van der Waals surface area contributed by atoms with E-state index in [2.05, 4.69) is 17.1 Å². The van der Waals surface area contributed by atoms with Gasteiger partial charge < -0.3 is 10.1 Å². The largest absolute Gasteiger partial charge is 0.497 e. The fraction of sp³-hybridized carbons (Fsp3) is 0.647. The molecule has 1 N–H and O–H groups in total. The summed E-state index contributed by atoms with van der Waals surface area (Å²) in [5.74, 6) is 0.270. The van der Waals surface area contributed by atoms with E-state index in [9.17, 15) is 13.2 Å². The topological polar surface area (TPSA) is 24.5 Å². The highest BCUT2D eigenvalue weighted by Crippen LogP contribution is 2.36. The first-order valence-corrected chi connectivity index (χ1v) is 8.16. The Labute approximate surface area is 135 Å². The third kappa shape index (κ3) is 4.85. The maximum absolute atomic E-state index is 13.2. The second kappa shape index (κ2) is 8.02. The smallest absolute Gasteiger partial charge is 0.416 e. The number of piperazine rings is 1. The van der Waals surface area contributed by atoms with Gasteiger partial charge in [0.25, 0.3) is 0 Å². The van der Waals surface area contributed by atoms with Crippen LogP contribution in [0.1, 0.15) is 43.4 Å². The number of hydrogen-bond acceptors (Lipinski definition) is 3. The number of alkyl halides is 3. The van der Waals surface area contributed by atoms with Crippen molar-refractivity contribution in [3.05, 3.63) is 29.3 Å². The first-order chi connectivity index (χ1) is 11.0. The number of nitrogens with zero attached hydrogens (tertiary/aromatic N) is 1. The van der Waals surface area contributed by atoms with Gasteiger partial charge in [0.05, 0.1) is 12.7 Å².